The molecule has 0 radical (unpaired) electrons. The maximum absolute atomic E-state index is 10.8. The molecule has 1 aromatic heterocycles. The topological polar surface area (TPSA) is 69.0 Å². The number of aromatic nitrogens is 2. The van der Waals surface area contributed by atoms with E-state index in [4.69, 9.17) is 30.9 Å². The van der Waals surface area contributed by atoms with Gasteiger partial charge in [-0.25, -0.2) is 4.68 Å². The van der Waals surface area contributed by atoms with Crippen molar-refractivity contribution in [3.05, 3.63) is 70.9 Å². The van der Waals surface area contributed by atoms with Crippen LogP contribution < -0.4 is 4.74 Å². The molecular formula is C29H38ClN3O4. The number of halogens is 1. The zero-order chi connectivity index (χ0) is 26.0. The number of aliphatic hydroxyl groups excluding tert-OH is 1. The minimum atomic E-state index is -0.601. The molecule has 1 saturated heterocycles. The Labute approximate surface area is 224 Å². The van der Waals surface area contributed by atoms with Crippen molar-refractivity contribution in [2.45, 2.75) is 58.3 Å². The molecule has 0 saturated carbocycles. The minimum Gasteiger partial charge on any atom is -0.437 e. The van der Waals surface area contributed by atoms with Crippen LogP contribution >= 0.6 is 11.6 Å². The zero-order valence-corrected chi connectivity index (χ0v) is 22.6. The molecule has 1 aliphatic rings. The number of unbranched alkanes of at least 4 members (excludes halogenated alkanes) is 1. The Morgan fingerprint density at radius 1 is 1.19 bits per heavy atom. The van der Waals surface area contributed by atoms with Gasteiger partial charge in [0.2, 0.25) is 5.88 Å². The van der Waals surface area contributed by atoms with Gasteiger partial charge in [-0.3, -0.25) is 4.90 Å². The molecule has 0 spiro atoms. The molecule has 1 aliphatic heterocycles. The van der Waals surface area contributed by atoms with E-state index in [9.17, 15) is 5.11 Å². The lowest BCUT2D eigenvalue weighted by molar-refractivity contribution is 0.00137. The van der Waals surface area contributed by atoms with E-state index in [1.807, 2.05) is 66.2 Å². The Hall–Kier alpha value is -2.42. The fourth-order valence-electron chi connectivity index (χ4n) is 4.52. The molecule has 3 aromatic rings. The van der Waals surface area contributed by atoms with E-state index >= 15 is 0 Å². The van der Waals surface area contributed by atoms with E-state index < -0.39 is 6.10 Å². The Kier molecular flexibility index (Phi) is 10.4. The predicted octanol–water partition coefficient (Wildman–Crippen LogP) is 5.79. The third kappa shape index (κ3) is 7.79. The van der Waals surface area contributed by atoms with Crippen LogP contribution in [-0.2, 0) is 16.0 Å². The lowest BCUT2D eigenvalue weighted by Crippen LogP contribution is -2.39. The standard InChI is InChI=1S/C29H38ClN3O4/c1-3-4-16-35-21-24(34)18-32(19-25-13-10-17-36-25)20-26-22(2)31-33(23-11-6-5-7-12-23)29(26)37-28-15-9-8-14-27(28)30/h5-9,11-12,14-15,24-25,34H,3-4,10,13,16-21H2,1-2H3/t24-,25+/m1/s1. The number of benzene rings is 2. The highest BCUT2D eigenvalue weighted by atomic mass is 35.5. The Bertz CT molecular complexity index is 1100. The van der Waals surface area contributed by atoms with Crippen molar-refractivity contribution in [2.24, 2.45) is 0 Å². The first-order valence-corrected chi connectivity index (χ1v) is 13.6. The molecule has 2 atom stereocenters. The van der Waals surface area contributed by atoms with Gasteiger partial charge in [-0.05, 0) is 50.5 Å². The fourth-order valence-corrected chi connectivity index (χ4v) is 4.70. The summed E-state index contributed by atoms with van der Waals surface area (Å²) in [6, 6.07) is 17.4. The van der Waals surface area contributed by atoms with Gasteiger partial charge in [-0.15, -0.1) is 0 Å². The molecule has 0 unspecified atom stereocenters. The van der Waals surface area contributed by atoms with Crippen LogP contribution in [-0.4, -0.2) is 64.9 Å². The van der Waals surface area contributed by atoms with Gasteiger partial charge in [0.25, 0.3) is 0 Å². The van der Waals surface area contributed by atoms with Crippen molar-refractivity contribution in [3.8, 4) is 17.3 Å². The molecule has 37 heavy (non-hydrogen) atoms. The van der Waals surface area contributed by atoms with Crippen LogP contribution in [0.1, 0.15) is 43.9 Å². The molecule has 0 bridgehead atoms. The van der Waals surface area contributed by atoms with Gasteiger partial charge in [0, 0.05) is 32.8 Å². The summed E-state index contributed by atoms with van der Waals surface area (Å²) in [4.78, 5) is 2.22. The van der Waals surface area contributed by atoms with Crippen molar-refractivity contribution < 1.29 is 19.3 Å². The maximum Gasteiger partial charge on any atom is 0.227 e. The SMILES string of the molecule is CCCCOC[C@H](O)CN(Cc1c(C)nn(-c2ccccc2)c1Oc1ccccc1Cl)C[C@@H]1CCCO1. The molecule has 2 aromatic carbocycles. The zero-order valence-electron chi connectivity index (χ0n) is 21.8. The van der Waals surface area contributed by atoms with E-state index in [-0.39, 0.29) is 6.10 Å². The first kappa shape index (κ1) is 27.6. The van der Waals surface area contributed by atoms with E-state index in [1.165, 1.54) is 0 Å². The summed E-state index contributed by atoms with van der Waals surface area (Å²) in [7, 11) is 0. The Balaban J connectivity index is 1.61. The quantitative estimate of drug-likeness (QED) is 0.268. The Morgan fingerprint density at radius 3 is 2.70 bits per heavy atom. The smallest absolute Gasteiger partial charge is 0.227 e. The number of ether oxygens (including phenoxy) is 3. The van der Waals surface area contributed by atoms with E-state index in [0.717, 1.165) is 49.2 Å². The van der Waals surface area contributed by atoms with Crippen LogP contribution in [0, 0.1) is 6.92 Å². The molecular weight excluding hydrogens is 490 g/mol. The fraction of sp³-hybridized carbons (Fsp3) is 0.483. The second kappa shape index (κ2) is 13.9. The van der Waals surface area contributed by atoms with Gasteiger partial charge >= 0.3 is 0 Å². The van der Waals surface area contributed by atoms with Gasteiger partial charge in [-0.1, -0.05) is 55.3 Å². The molecule has 0 aliphatic carbocycles. The number of hydrogen-bond donors (Lipinski definition) is 1. The van der Waals surface area contributed by atoms with Gasteiger partial charge < -0.3 is 19.3 Å². The number of rotatable bonds is 14. The van der Waals surface area contributed by atoms with Crippen molar-refractivity contribution in [2.75, 3.05) is 32.9 Å². The van der Waals surface area contributed by atoms with E-state index in [2.05, 4.69) is 11.8 Å². The third-order valence-corrected chi connectivity index (χ3v) is 6.78. The molecule has 0 amide bonds. The molecule has 8 heteroatoms. The lowest BCUT2D eigenvalue weighted by Gasteiger charge is -2.27. The van der Waals surface area contributed by atoms with Crippen molar-refractivity contribution >= 4 is 11.6 Å². The summed E-state index contributed by atoms with van der Waals surface area (Å²) >= 11 is 6.46. The normalized spacial score (nSPS) is 16.4. The number of nitrogens with zero attached hydrogens (tertiary/aromatic N) is 3. The molecule has 4 rings (SSSR count). The first-order valence-electron chi connectivity index (χ1n) is 13.2. The summed E-state index contributed by atoms with van der Waals surface area (Å²) in [5.74, 6) is 1.18. The highest BCUT2D eigenvalue weighted by molar-refractivity contribution is 6.32. The van der Waals surface area contributed by atoms with E-state index in [1.54, 1.807) is 0 Å². The number of para-hydroxylation sites is 2. The number of hydrogen-bond acceptors (Lipinski definition) is 6. The van der Waals surface area contributed by atoms with Gasteiger partial charge in [-0.2, -0.15) is 5.10 Å². The molecule has 2 heterocycles. The van der Waals surface area contributed by atoms with Crippen LogP contribution in [0.25, 0.3) is 5.69 Å². The average Bonchev–Trinajstić information content (AvgIpc) is 3.52. The van der Waals surface area contributed by atoms with Crippen molar-refractivity contribution in [3.63, 3.8) is 0 Å². The molecule has 200 valence electrons. The highest BCUT2D eigenvalue weighted by Crippen LogP contribution is 2.35. The lowest BCUT2D eigenvalue weighted by atomic mass is 10.1. The number of aliphatic hydroxyl groups is 1. The third-order valence-electron chi connectivity index (χ3n) is 6.47. The summed E-state index contributed by atoms with van der Waals surface area (Å²) in [6.45, 7) is 7.61. The van der Waals surface area contributed by atoms with E-state index in [0.29, 0.717) is 49.5 Å². The van der Waals surface area contributed by atoms with Gasteiger partial charge in [0.1, 0.15) is 5.75 Å². The van der Waals surface area contributed by atoms with Crippen LogP contribution in [0.3, 0.4) is 0 Å². The maximum atomic E-state index is 10.8. The second-order valence-corrected chi connectivity index (χ2v) is 9.97. The van der Waals surface area contributed by atoms with Crippen LogP contribution in [0.4, 0.5) is 0 Å². The Morgan fingerprint density at radius 2 is 1.97 bits per heavy atom. The van der Waals surface area contributed by atoms with Crippen LogP contribution in [0.2, 0.25) is 5.02 Å². The highest BCUT2D eigenvalue weighted by Gasteiger charge is 2.26. The second-order valence-electron chi connectivity index (χ2n) is 9.56. The summed E-state index contributed by atoms with van der Waals surface area (Å²) in [5, 5.41) is 16.2. The molecule has 1 N–H and O–H groups in total. The summed E-state index contributed by atoms with van der Waals surface area (Å²) < 4.78 is 19.9. The average molecular weight is 528 g/mol. The predicted molar refractivity (Wildman–Crippen MR) is 146 cm³/mol. The van der Waals surface area contributed by atoms with Crippen LogP contribution in [0.15, 0.2) is 54.6 Å². The van der Waals surface area contributed by atoms with Crippen molar-refractivity contribution in [1.82, 2.24) is 14.7 Å². The van der Waals surface area contributed by atoms with Crippen molar-refractivity contribution in [1.29, 1.82) is 0 Å². The minimum absolute atomic E-state index is 0.144. The summed E-state index contributed by atoms with van der Waals surface area (Å²) in [6.07, 6.45) is 3.69. The van der Waals surface area contributed by atoms with Gasteiger partial charge in [0.05, 0.1) is 40.8 Å². The van der Waals surface area contributed by atoms with Crippen LogP contribution in [0.5, 0.6) is 11.6 Å². The monoisotopic (exact) mass is 527 g/mol. The summed E-state index contributed by atoms with van der Waals surface area (Å²) in [5.41, 5.74) is 2.70. The molecule has 1 fully saturated rings. The van der Waals surface area contributed by atoms with Gasteiger partial charge in [0.15, 0.2) is 0 Å². The first-order chi connectivity index (χ1) is 18.0. The number of aryl methyl sites for hydroxylation is 1. The molecule has 7 nitrogen and oxygen atoms in total. The largest absolute Gasteiger partial charge is 0.437 e.